The summed E-state index contributed by atoms with van der Waals surface area (Å²) in [4.78, 5) is 8.42. The van der Waals surface area contributed by atoms with E-state index in [1.165, 1.54) is 0 Å². The summed E-state index contributed by atoms with van der Waals surface area (Å²) in [6.07, 6.45) is 4.32. The molecule has 1 aromatic heterocycles. The van der Waals surface area contributed by atoms with Gasteiger partial charge in [0.25, 0.3) is 0 Å². The van der Waals surface area contributed by atoms with Gasteiger partial charge < -0.3 is 10.1 Å². The van der Waals surface area contributed by atoms with Crippen molar-refractivity contribution in [2.24, 2.45) is 0 Å². The van der Waals surface area contributed by atoms with Gasteiger partial charge in [0, 0.05) is 11.0 Å². The van der Waals surface area contributed by atoms with Crippen LogP contribution in [0.25, 0.3) is 0 Å². The molecule has 0 fully saturated rings. The lowest BCUT2D eigenvalue weighted by atomic mass is 10.3. The zero-order valence-corrected chi connectivity index (χ0v) is 11.6. The van der Waals surface area contributed by atoms with E-state index in [0.29, 0.717) is 5.88 Å². The van der Waals surface area contributed by atoms with Crippen molar-refractivity contribution in [2.75, 3.05) is 11.9 Å². The second kappa shape index (κ2) is 6.35. The van der Waals surface area contributed by atoms with E-state index >= 15 is 0 Å². The van der Waals surface area contributed by atoms with Crippen LogP contribution >= 0.6 is 15.9 Å². The summed E-state index contributed by atoms with van der Waals surface area (Å²) in [5.74, 6) is 1.94. The molecule has 2 rings (SSSR count). The van der Waals surface area contributed by atoms with E-state index in [4.69, 9.17) is 4.74 Å². The molecule has 0 unspecified atom stereocenters. The smallest absolute Gasteiger partial charge is 0.239 e. The van der Waals surface area contributed by atoms with Crippen LogP contribution in [0.2, 0.25) is 0 Å². The number of nitrogens with zero attached hydrogens (tertiary/aromatic N) is 2. The molecule has 0 aliphatic carbocycles. The van der Waals surface area contributed by atoms with Gasteiger partial charge in [0.2, 0.25) is 5.88 Å². The molecule has 0 atom stereocenters. The highest BCUT2D eigenvalue weighted by Gasteiger charge is 2.01. The van der Waals surface area contributed by atoms with Crippen LogP contribution in [-0.2, 0) is 0 Å². The van der Waals surface area contributed by atoms with Gasteiger partial charge >= 0.3 is 0 Å². The molecule has 1 aromatic carbocycles. The molecule has 18 heavy (non-hydrogen) atoms. The average Bonchev–Trinajstić information content (AvgIpc) is 2.37. The topological polar surface area (TPSA) is 47.0 Å². The fraction of sp³-hybridized carbons (Fsp3) is 0.231. The molecule has 0 spiro atoms. The molecule has 0 aliphatic rings. The normalized spacial score (nSPS) is 10.1. The summed E-state index contributed by atoms with van der Waals surface area (Å²) in [5.41, 5.74) is 0. The van der Waals surface area contributed by atoms with E-state index in [9.17, 15) is 0 Å². The van der Waals surface area contributed by atoms with Crippen molar-refractivity contribution < 1.29 is 4.74 Å². The number of halogens is 1. The van der Waals surface area contributed by atoms with Crippen LogP contribution in [0.3, 0.4) is 0 Å². The molecule has 0 saturated carbocycles. The van der Waals surface area contributed by atoms with E-state index in [1.54, 1.807) is 12.4 Å². The quantitative estimate of drug-likeness (QED) is 0.911. The minimum atomic E-state index is 0.481. The van der Waals surface area contributed by atoms with E-state index in [2.05, 4.69) is 38.1 Å². The molecule has 0 amide bonds. The number of anilines is 1. The van der Waals surface area contributed by atoms with E-state index < -0.39 is 0 Å². The maximum atomic E-state index is 5.64. The molecule has 0 bridgehead atoms. The fourth-order valence-corrected chi connectivity index (χ4v) is 1.76. The highest BCUT2D eigenvalue weighted by molar-refractivity contribution is 9.10. The monoisotopic (exact) mass is 307 g/mol. The zero-order valence-electron chi connectivity index (χ0n) is 10.1. The molecule has 1 N–H and O–H groups in total. The Labute approximate surface area is 115 Å². The predicted molar refractivity (Wildman–Crippen MR) is 75.0 cm³/mol. The number of aromatic nitrogens is 2. The lowest BCUT2D eigenvalue weighted by Crippen LogP contribution is -2.02. The first-order chi connectivity index (χ1) is 8.78. The van der Waals surface area contributed by atoms with Crippen LogP contribution in [0.5, 0.6) is 11.6 Å². The van der Waals surface area contributed by atoms with Crippen molar-refractivity contribution in [1.82, 2.24) is 9.97 Å². The molecule has 1 heterocycles. The van der Waals surface area contributed by atoms with Gasteiger partial charge in [-0.15, -0.1) is 0 Å². The SMILES string of the molecule is CCCNc1cncc(Oc2cccc(Br)c2)n1. The number of rotatable bonds is 5. The van der Waals surface area contributed by atoms with Crippen LogP contribution in [0.4, 0.5) is 5.82 Å². The van der Waals surface area contributed by atoms with Crippen molar-refractivity contribution >= 4 is 21.7 Å². The maximum Gasteiger partial charge on any atom is 0.239 e. The Morgan fingerprint density at radius 1 is 1.33 bits per heavy atom. The molecule has 4 nitrogen and oxygen atoms in total. The van der Waals surface area contributed by atoms with Crippen molar-refractivity contribution in [3.63, 3.8) is 0 Å². The van der Waals surface area contributed by atoms with E-state index in [1.807, 2.05) is 24.3 Å². The Kier molecular flexibility index (Phi) is 4.52. The van der Waals surface area contributed by atoms with Gasteiger partial charge in [-0.05, 0) is 24.6 Å². The third-order valence-corrected chi connectivity index (χ3v) is 2.68. The molecule has 94 valence electrons. The second-order valence-electron chi connectivity index (χ2n) is 3.73. The largest absolute Gasteiger partial charge is 0.437 e. The van der Waals surface area contributed by atoms with Crippen LogP contribution in [0.1, 0.15) is 13.3 Å². The highest BCUT2D eigenvalue weighted by Crippen LogP contribution is 2.23. The highest BCUT2D eigenvalue weighted by atomic mass is 79.9. The van der Waals surface area contributed by atoms with Gasteiger partial charge in [0.15, 0.2) is 0 Å². The summed E-state index contributed by atoms with van der Waals surface area (Å²) in [5, 5.41) is 3.17. The van der Waals surface area contributed by atoms with Crippen LogP contribution in [0, 0.1) is 0 Å². The molecule has 0 radical (unpaired) electrons. The zero-order chi connectivity index (χ0) is 12.8. The fourth-order valence-electron chi connectivity index (χ4n) is 1.39. The Hall–Kier alpha value is -1.62. The number of hydrogen-bond donors (Lipinski definition) is 1. The second-order valence-corrected chi connectivity index (χ2v) is 4.64. The van der Waals surface area contributed by atoms with Gasteiger partial charge in [-0.2, -0.15) is 4.98 Å². The maximum absolute atomic E-state index is 5.64. The minimum Gasteiger partial charge on any atom is -0.437 e. The van der Waals surface area contributed by atoms with E-state index in [0.717, 1.165) is 29.0 Å². The molecule has 2 aromatic rings. The summed E-state index contributed by atoms with van der Waals surface area (Å²) in [6, 6.07) is 7.61. The number of ether oxygens (including phenoxy) is 1. The number of benzene rings is 1. The third kappa shape index (κ3) is 3.70. The van der Waals surface area contributed by atoms with E-state index in [-0.39, 0.29) is 0 Å². The summed E-state index contributed by atoms with van der Waals surface area (Å²) in [7, 11) is 0. The molecule has 5 heteroatoms. The lowest BCUT2D eigenvalue weighted by Gasteiger charge is -2.07. The first kappa shape index (κ1) is 12.8. The predicted octanol–water partition coefficient (Wildman–Crippen LogP) is 3.85. The third-order valence-electron chi connectivity index (χ3n) is 2.19. The molecular formula is C13H14BrN3O. The Balaban J connectivity index is 2.09. The number of hydrogen-bond acceptors (Lipinski definition) is 4. The van der Waals surface area contributed by atoms with Crippen molar-refractivity contribution in [1.29, 1.82) is 0 Å². The van der Waals surface area contributed by atoms with Gasteiger partial charge in [-0.3, -0.25) is 4.98 Å². The van der Waals surface area contributed by atoms with Crippen LogP contribution < -0.4 is 10.1 Å². The van der Waals surface area contributed by atoms with Crippen molar-refractivity contribution in [2.45, 2.75) is 13.3 Å². The molecule has 0 saturated heterocycles. The van der Waals surface area contributed by atoms with Crippen LogP contribution in [-0.4, -0.2) is 16.5 Å². The minimum absolute atomic E-state index is 0.481. The average molecular weight is 308 g/mol. The summed E-state index contributed by atoms with van der Waals surface area (Å²) >= 11 is 3.40. The Morgan fingerprint density at radius 2 is 2.22 bits per heavy atom. The molecular weight excluding hydrogens is 294 g/mol. The van der Waals surface area contributed by atoms with Gasteiger partial charge in [0.1, 0.15) is 11.6 Å². The molecule has 0 aliphatic heterocycles. The Bertz CT molecular complexity index is 519. The van der Waals surface area contributed by atoms with Gasteiger partial charge in [-0.1, -0.05) is 28.9 Å². The van der Waals surface area contributed by atoms with Gasteiger partial charge in [-0.25, -0.2) is 0 Å². The summed E-state index contributed by atoms with van der Waals surface area (Å²) in [6.45, 7) is 2.97. The van der Waals surface area contributed by atoms with Crippen molar-refractivity contribution in [3.05, 3.63) is 41.1 Å². The lowest BCUT2D eigenvalue weighted by molar-refractivity contribution is 0.460. The summed E-state index contributed by atoms with van der Waals surface area (Å²) < 4.78 is 6.60. The van der Waals surface area contributed by atoms with Gasteiger partial charge in [0.05, 0.1) is 12.4 Å². The first-order valence-electron chi connectivity index (χ1n) is 5.77. The Morgan fingerprint density at radius 3 is 3.00 bits per heavy atom. The van der Waals surface area contributed by atoms with Crippen LogP contribution in [0.15, 0.2) is 41.1 Å². The van der Waals surface area contributed by atoms with Crippen molar-refractivity contribution in [3.8, 4) is 11.6 Å². The standard InChI is InChI=1S/C13H14BrN3O/c1-2-6-16-12-8-15-9-13(17-12)18-11-5-3-4-10(14)7-11/h3-5,7-9H,2,6H2,1H3,(H,16,17). The number of nitrogens with one attached hydrogen (secondary N) is 1. The first-order valence-corrected chi connectivity index (χ1v) is 6.56.